The van der Waals surface area contributed by atoms with Gasteiger partial charge >= 0.3 is 5.97 Å². The highest BCUT2D eigenvalue weighted by Crippen LogP contribution is 2.15. The molecule has 1 aromatic carbocycles. The van der Waals surface area contributed by atoms with Crippen LogP contribution in [-0.2, 0) is 14.6 Å². The topological polar surface area (TPSA) is 104 Å². The van der Waals surface area contributed by atoms with Crippen LogP contribution in [0.15, 0.2) is 29.2 Å². The molecule has 0 saturated carbocycles. The van der Waals surface area contributed by atoms with Crippen LogP contribution in [0, 0.1) is 0 Å². The molecule has 0 spiro atoms. The number of carboxylic acids is 1. The molecule has 114 valence electrons. The van der Waals surface area contributed by atoms with Crippen molar-refractivity contribution in [1.29, 1.82) is 0 Å². The number of sulfone groups is 1. The minimum absolute atomic E-state index is 0.0374. The monoisotopic (exact) mass is 312 g/mol. The second-order valence-electron chi connectivity index (χ2n) is 4.86. The van der Waals surface area contributed by atoms with Gasteiger partial charge in [0.2, 0.25) is 0 Å². The number of benzene rings is 1. The van der Waals surface area contributed by atoms with Crippen LogP contribution in [0.25, 0.3) is 0 Å². The quantitative estimate of drug-likeness (QED) is 0.786. The van der Waals surface area contributed by atoms with E-state index in [-0.39, 0.29) is 23.5 Å². The van der Waals surface area contributed by atoms with E-state index in [2.05, 4.69) is 5.32 Å². The molecular formula is C13H16N2O5S. The number of nitrogens with one attached hydrogen (secondary N) is 1. The molecule has 0 aliphatic carbocycles. The minimum atomic E-state index is -3.42. The summed E-state index contributed by atoms with van der Waals surface area (Å²) in [6, 6.07) is 4.68. The van der Waals surface area contributed by atoms with Gasteiger partial charge in [0.05, 0.1) is 4.90 Å². The number of carbonyl (C=O) groups excluding carboxylic acids is 1. The van der Waals surface area contributed by atoms with Crippen molar-refractivity contribution in [2.24, 2.45) is 0 Å². The lowest BCUT2D eigenvalue weighted by atomic mass is 10.1. The molecule has 1 aliphatic rings. The lowest BCUT2D eigenvalue weighted by molar-refractivity contribution is -0.142. The van der Waals surface area contributed by atoms with Crippen LogP contribution in [-0.4, -0.2) is 62.2 Å². The van der Waals surface area contributed by atoms with Crippen molar-refractivity contribution in [3.8, 4) is 0 Å². The van der Waals surface area contributed by atoms with Crippen molar-refractivity contribution < 1.29 is 23.1 Å². The third-order valence-electron chi connectivity index (χ3n) is 3.30. The Bertz CT molecular complexity index is 671. The molecule has 0 radical (unpaired) electrons. The largest absolute Gasteiger partial charge is 0.480 e. The Balaban J connectivity index is 2.33. The average Bonchev–Trinajstić information content (AvgIpc) is 2.45. The Kier molecular flexibility index (Phi) is 4.29. The van der Waals surface area contributed by atoms with Crippen molar-refractivity contribution in [1.82, 2.24) is 10.2 Å². The van der Waals surface area contributed by atoms with Gasteiger partial charge < -0.3 is 15.3 Å². The van der Waals surface area contributed by atoms with Gasteiger partial charge in [-0.15, -0.1) is 0 Å². The summed E-state index contributed by atoms with van der Waals surface area (Å²) in [6.07, 6.45) is 1.06. The first-order valence-corrected chi connectivity index (χ1v) is 8.24. The molecule has 1 fully saturated rings. The number of carboxylic acid groups (broad SMARTS) is 1. The molecular weight excluding hydrogens is 296 g/mol. The van der Waals surface area contributed by atoms with Crippen LogP contribution in [0.5, 0.6) is 0 Å². The van der Waals surface area contributed by atoms with E-state index in [0.29, 0.717) is 6.54 Å². The van der Waals surface area contributed by atoms with Crippen molar-refractivity contribution in [3.63, 3.8) is 0 Å². The van der Waals surface area contributed by atoms with E-state index in [1.807, 2.05) is 0 Å². The lowest BCUT2D eigenvalue weighted by Crippen LogP contribution is -2.57. The molecule has 21 heavy (non-hydrogen) atoms. The molecule has 1 saturated heterocycles. The molecule has 2 rings (SSSR count). The van der Waals surface area contributed by atoms with Gasteiger partial charge in [0, 0.05) is 31.5 Å². The Morgan fingerprint density at radius 3 is 2.71 bits per heavy atom. The van der Waals surface area contributed by atoms with Crippen molar-refractivity contribution in [2.75, 3.05) is 25.9 Å². The van der Waals surface area contributed by atoms with E-state index >= 15 is 0 Å². The van der Waals surface area contributed by atoms with Gasteiger partial charge in [-0.2, -0.15) is 0 Å². The van der Waals surface area contributed by atoms with Crippen LogP contribution in [0.2, 0.25) is 0 Å². The summed E-state index contributed by atoms with van der Waals surface area (Å²) < 4.78 is 23.1. The number of piperazine rings is 1. The Morgan fingerprint density at radius 2 is 2.10 bits per heavy atom. The predicted octanol–water partition coefficient (Wildman–Crippen LogP) is -0.411. The second kappa shape index (κ2) is 5.82. The number of rotatable bonds is 3. The standard InChI is InChI=1S/C13H16N2O5S/c1-21(19,20)10-4-2-3-9(7-10)12(16)15-6-5-14-8-11(15)13(17)18/h2-4,7,11,14H,5-6,8H2,1H3,(H,17,18). The number of amides is 1. The van der Waals surface area contributed by atoms with Gasteiger partial charge in [-0.05, 0) is 18.2 Å². The normalized spacial score (nSPS) is 19.3. The summed E-state index contributed by atoms with van der Waals surface area (Å²) in [6.45, 7) is 0.938. The predicted molar refractivity (Wildman–Crippen MR) is 74.9 cm³/mol. The zero-order valence-corrected chi connectivity index (χ0v) is 12.3. The van der Waals surface area contributed by atoms with E-state index in [0.717, 1.165) is 6.26 Å². The average molecular weight is 312 g/mol. The molecule has 1 aliphatic heterocycles. The summed E-state index contributed by atoms with van der Waals surface area (Å²) in [5, 5.41) is 12.1. The fraction of sp³-hybridized carbons (Fsp3) is 0.385. The molecule has 1 aromatic rings. The van der Waals surface area contributed by atoms with Gasteiger partial charge in [0.1, 0.15) is 6.04 Å². The van der Waals surface area contributed by atoms with Crippen LogP contribution in [0.4, 0.5) is 0 Å². The Labute approximate surface area is 122 Å². The maximum absolute atomic E-state index is 12.4. The highest BCUT2D eigenvalue weighted by molar-refractivity contribution is 7.90. The van der Waals surface area contributed by atoms with E-state index < -0.39 is 27.8 Å². The van der Waals surface area contributed by atoms with Crippen molar-refractivity contribution in [3.05, 3.63) is 29.8 Å². The summed E-state index contributed by atoms with van der Waals surface area (Å²) in [5.74, 6) is -1.57. The minimum Gasteiger partial charge on any atom is -0.480 e. The number of aliphatic carboxylic acids is 1. The maximum Gasteiger partial charge on any atom is 0.327 e. The second-order valence-corrected chi connectivity index (χ2v) is 6.87. The zero-order valence-electron chi connectivity index (χ0n) is 11.4. The summed E-state index contributed by atoms with van der Waals surface area (Å²) in [5.41, 5.74) is 0.172. The van der Waals surface area contributed by atoms with Crippen LogP contribution >= 0.6 is 0 Å². The third kappa shape index (κ3) is 3.40. The first-order chi connectivity index (χ1) is 9.80. The van der Waals surface area contributed by atoms with E-state index in [9.17, 15) is 18.0 Å². The maximum atomic E-state index is 12.4. The smallest absolute Gasteiger partial charge is 0.327 e. The molecule has 2 N–H and O–H groups in total. The fourth-order valence-corrected chi connectivity index (χ4v) is 2.86. The summed E-state index contributed by atoms with van der Waals surface area (Å²) >= 11 is 0. The number of hydrogen-bond acceptors (Lipinski definition) is 5. The van der Waals surface area contributed by atoms with E-state index in [1.54, 1.807) is 0 Å². The summed E-state index contributed by atoms with van der Waals surface area (Å²) in [7, 11) is -3.42. The van der Waals surface area contributed by atoms with E-state index in [4.69, 9.17) is 5.11 Å². The molecule has 8 heteroatoms. The van der Waals surface area contributed by atoms with Gasteiger partial charge in [0.25, 0.3) is 5.91 Å². The van der Waals surface area contributed by atoms with Crippen molar-refractivity contribution in [2.45, 2.75) is 10.9 Å². The molecule has 0 bridgehead atoms. The van der Waals surface area contributed by atoms with E-state index in [1.165, 1.54) is 29.2 Å². The molecule has 0 aromatic heterocycles. The Hall–Kier alpha value is -1.93. The number of carbonyl (C=O) groups is 2. The molecule has 1 heterocycles. The lowest BCUT2D eigenvalue weighted by Gasteiger charge is -2.33. The van der Waals surface area contributed by atoms with Gasteiger partial charge in [-0.25, -0.2) is 13.2 Å². The molecule has 1 amide bonds. The number of nitrogens with zero attached hydrogens (tertiary/aromatic N) is 1. The highest BCUT2D eigenvalue weighted by Gasteiger charge is 2.32. The molecule has 1 atom stereocenters. The van der Waals surface area contributed by atoms with Gasteiger partial charge in [-0.3, -0.25) is 4.79 Å². The van der Waals surface area contributed by atoms with Gasteiger partial charge in [-0.1, -0.05) is 6.07 Å². The first-order valence-electron chi connectivity index (χ1n) is 6.35. The zero-order chi connectivity index (χ0) is 15.6. The Morgan fingerprint density at radius 1 is 1.38 bits per heavy atom. The fourth-order valence-electron chi connectivity index (χ4n) is 2.19. The van der Waals surface area contributed by atoms with Gasteiger partial charge in [0.15, 0.2) is 9.84 Å². The summed E-state index contributed by atoms with van der Waals surface area (Å²) in [4.78, 5) is 24.9. The van der Waals surface area contributed by atoms with Crippen molar-refractivity contribution >= 4 is 21.7 Å². The number of hydrogen-bond donors (Lipinski definition) is 2. The highest BCUT2D eigenvalue weighted by atomic mass is 32.2. The first kappa shape index (κ1) is 15.5. The van der Waals surface area contributed by atoms with Crippen LogP contribution in [0.3, 0.4) is 0 Å². The SMILES string of the molecule is CS(=O)(=O)c1cccc(C(=O)N2CCNCC2C(=O)O)c1. The molecule has 1 unspecified atom stereocenters. The third-order valence-corrected chi connectivity index (χ3v) is 4.41. The van der Waals surface area contributed by atoms with Crippen LogP contribution in [0.1, 0.15) is 10.4 Å². The molecule has 7 nitrogen and oxygen atoms in total. The van der Waals surface area contributed by atoms with Crippen LogP contribution < -0.4 is 5.32 Å².